The molecule has 120 valence electrons. The van der Waals surface area contributed by atoms with Crippen LogP contribution in [-0.4, -0.2) is 22.8 Å². The lowest BCUT2D eigenvalue weighted by Crippen LogP contribution is -2.35. The highest BCUT2D eigenvalue weighted by Crippen LogP contribution is 2.30. The Morgan fingerprint density at radius 1 is 1.09 bits per heavy atom. The normalized spacial score (nSPS) is 14.0. The number of carbonyl (C=O) groups excluding carboxylic acids is 1. The molecule has 0 fully saturated rings. The van der Waals surface area contributed by atoms with Gasteiger partial charge in [0.15, 0.2) is 0 Å². The van der Waals surface area contributed by atoms with Crippen molar-refractivity contribution < 1.29 is 15.0 Å². The van der Waals surface area contributed by atoms with Crippen LogP contribution in [0.3, 0.4) is 0 Å². The second-order valence-electron chi connectivity index (χ2n) is 5.85. The third-order valence-electron chi connectivity index (χ3n) is 4.13. The Balaban J connectivity index is 1.87. The molecule has 0 aliphatic carbocycles. The summed E-state index contributed by atoms with van der Waals surface area (Å²) in [7, 11) is 0. The SMILES string of the molecule is Cc1cc(O)ccc1NC(=O)N1CCCCc2cc(O)ccc21. The van der Waals surface area contributed by atoms with Gasteiger partial charge < -0.3 is 15.5 Å². The number of anilines is 2. The summed E-state index contributed by atoms with van der Waals surface area (Å²) in [5.41, 5.74) is 3.31. The van der Waals surface area contributed by atoms with E-state index >= 15 is 0 Å². The van der Waals surface area contributed by atoms with Crippen LogP contribution in [0, 0.1) is 6.92 Å². The van der Waals surface area contributed by atoms with E-state index in [-0.39, 0.29) is 17.5 Å². The number of rotatable bonds is 1. The zero-order chi connectivity index (χ0) is 16.4. The van der Waals surface area contributed by atoms with Crippen LogP contribution >= 0.6 is 0 Å². The fraction of sp³-hybridized carbons (Fsp3) is 0.278. The standard InChI is InChI=1S/C18H20N2O3/c1-12-10-14(21)5-7-16(12)19-18(23)20-9-3-2-4-13-11-15(22)6-8-17(13)20/h5-8,10-11,21-22H,2-4,9H2,1H3,(H,19,23). The molecule has 1 heterocycles. The minimum absolute atomic E-state index is 0.177. The molecule has 2 aromatic rings. The van der Waals surface area contributed by atoms with Gasteiger partial charge in [-0.3, -0.25) is 4.90 Å². The maximum Gasteiger partial charge on any atom is 0.326 e. The molecule has 5 heteroatoms. The van der Waals surface area contributed by atoms with Crippen LogP contribution in [0.2, 0.25) is 0 Å². The second-order valence-corrected chi connectivity index (χ2v) is 5.85. The number of hydrogen-bond donors (Lipinski definition) is 3. The summed E-state index contributed by atoms with van der Waals surface area (Å²) in [6.45, 7) is 2.48. The zero-order valence-electron chi connectivity index (χ0n) is 13.0. The molecule has 0 bridgehead atoms. The van der Waals surface area contributed by atoms with Gasteiger partial charge in [-0.25, -0.2) is 4.79 Å². The summed E-state index contributed by atoms with van der Waals surface area (Å²) >= 11 is 0. The fourth-order valence-electron chi connectivity index (χ4n) is 2.92. The Morgan fingerprint density at radius 2 is 1.83 bits per heavy atom. The van der Waals surface area contributed by atoms with Gasteiger partial charge in [0.1, 0.15) is 11.5 Å². The molecule has 1 aliphatic rings. The number of carbonyl (C=O) groups is 1. The molecule has 3 N–H and O–H groups in total. The van der Waals surface area contributed by atoms with E-state index in [2.05, 4.69) is 5.32 Å². The lowest BCUT2D eigenvalue weighted by Gasteiger charge is -2.24. The Labute approximate surface area is 135 Å². The van der Waals surface area contributed by atoms with Crippen LogP contribution in [0.4, 0.5) is 16.2 Å². The molecule has 0 radical (unpaired) electrons. The highest BCUT2D eigenvalue weighted by molar-refractivity contribution is 6.02. The number of benzene rings is 2. The molecule has 23 heavy (non-hydrogen) atoms. The molecule has 1 aliphatic heterocycles. The number of nitrogens with one attached hydrogen (secondary N) is 1. The summed E-state index contributed by atoms with van der Waals surface area (Å²) in [6, 6.07) is 9.79. The number of urea groups is 1. The van der Waals surface area contributed by atoms with E-state index < -0.39 is 0 Å². The largest absolute Gasteiger partial charge is 0.508 e. The van der Waals surface area contributed by atoms with Gasteiger partial charge in [-0.15, -0.1) is 0 Å². The van der Waals surface area contributed by atoms with Crippen molar-refractivity contribution in [3.05, 3.63) is 47.5 Å². The Morgan fingerprint density at radius 3 is 2.61 bits per heavy atom. The topological polar surface area (TPSA) is 72.8 Å². The predicted molar refractivity (Wildman–Crippen MR) is 90.3 cm³/mol. The second kappa shape index (κ2) is 6.20. The first kappa shape index (κ1) is 15.2. The number of phenols is 2. The Hall–Kier alpha value is -2.69. The van der Waals surface area contributed by atoms with Gasteiger partial charge in [0.05, 0.1) is 0 Å². The number of aryl methyl sites for hydroxylation is 2. The summed E-state index contributed by atoms with van der Waals surface area (Å²) in [6.07, 6.45) is 2.75. The first-order valence-corrected chi connectivity index (χ1v) is 7.74. The fourth-order valence-corrected chi connectivity index (χ4v) is 2.92. The average Bonchev–Trinajstić information content (AvgIpc) is 2.71. The summed E-state index contributed by atoms with van der Waals surface area (Å²) in [4.78, 5) is 14.4. The third kappa shape index (κ3) is 3.23. The van der Waals surface area contributed by atoms with Gasteiger partial charge in [-0.05, 0) is 73.7 Å². The molecule has 3 rings (SSSR count). The van der Waals surface area contributed by atoms with E-state index in [4.69, 9.17) is 0 Å². The van der Waals surface area contributed by atoms with Crippen molar-refractivity contribution >= 4 is 17.4 Å². The van der Waals surface area contributed by atoms with Crippen LogP contribution < -0.4 is 10.2 Å². The van der Waals surface area contributed by atoms with E-state index in [1.807, 2.05) is 6.92 Å². The van der Waals surface area contributed by atoms with Gasteiger partial charge in [0.25, 0.3) is 0 Å². The molecule has 0 saturated carbocycles. The minimum Gasteiger partial charge on any atom is -0.508 e. The van der Waals surface area contributed by atoms with Crippen molar-refractivity contribution in [1.29, 1.82) is 0 Å². The molecule has 0 atom stereocenters. The highest BCUT2D eigenvalue weighted by Gasteiger charge is 2.22. The molecule has 0 aromatic heterocycles. The Kier molecular flexibility index (Phi) is 4.10. The van der Waals surface area contributed by atoms with Crippen LogP contribution in [0.1, 0.15) is 24.0 Å². The van der Waals surface area contributed by atoms with E-state index in [0.29, 0.717) is 12.2 Å². The monoisotopic (exact) mass is 312 g/mol. The van der Waals surface area contributed by atoms with E-state index in [9.17, 15) is 15.0 Å². The van der Waals surface area contributed by atoms with Crippen LogP contribution in [0.15, 0.2) is 36.4 Å². The molecule has 0 spiro atoms. The maximum atomic E-state index is 12.7. The third-order valence-corrected chi connectivity index (χ3v) is 4.13. The predicted octanol–water partition coefficient (Wildman–Crippen LogP) is 3.78. The van der Waals surface area contributed by atoms with E-state index in [0.717, 1.165) is 36.1 Å². The lowest BCUT2D eigenvalue weighted by atomic mass is 10.1. The molecule has 2 amide bonds. The van der Waals surface area contributed by atoms with Crippen LogP contribution in [0.5, 0.6) is 11.5 Å². The molecule has 5 nitrogen and oxygen atoms in total. The number of amides is 2. The number of nitrogens with zero attached hydrogens (tertiary/aromatic N) is 1. The van der Waals surface area contributed by atoms with Crippen molar-refractivity contribution in [2.75, 3.05) is 16.8 Å². The van der Waals surface area contributed by atoms with E-state index in [1.54, 1.807) is 41.3 Å². The van der Waals surface area contributed by atoms with Gasteiger partial charge in [0.2, 0.25) is 0 Å². The van der Waals surface area contributed by atoms with Crippen molar-refractivity contribution in [3.63, 3.8) is 0 Å². The Bertz CT molecular complexity index is 743. The summed E-state index contributed by atoms with van der Waals surface area (Å²) in [5, 5.41) is 22.0. The van der Waals surface area contributed by atoms with Gasteiger partial charge >= 0.3 is 6.03 Å². The molecule has 2 aromatic carbocycles. The quantitative estimate of drug-likeness (QED) is 0.702. The van der Waals surface area contributed by atoms with E-state index in [1.165, 1.54) is 0 Å². The maximum absolute atomic E-state index is 12.7. The molecular formula is C18H20N2O3. The van der Waals surface area contributed by atoms with Crippen molar-refractivity contribution in [1.82, 2.24) is 0 Å². The summed E-state index contributed by atoms with van der Waals surface area (Å²) in [5.74, 6) is 0.400. The minimum atomic E-state index is -0.201. The average molecular weight is 312 g/mol. The molecule has 0 saturated heterocycles. The van der Waals surface area contributed by atoms with Crippen molar-refractivity contribution in [3.8, 4) is 11.5 Å². The number of aromatic hydroxyl groups is 2. The van der Waals surface area contributed by atoms with Gasteiger partial charge in [-0.1, -0.05) is 0 Å². The molecule has 0 unspecified atom stereocenters. The highest BCUT2D eigenvalue weighted by atomic mass is 16.3. The van der Waals surface area contributed by atoms with Gasteiger partial charge in [0, 0.05) is 17.9 Å². The van der Waals surface area contributed by atoms with Crippen molar-refractivity contribution in [2.45, 2.75) is 26.2 Å². The van der Waals surface area contributed by atoms with Crippen LogP contribution in [0.25, 0.3) is 0 Å². The van der Waals surface area contributed by atoms with Crippen molar-refractivity contribution in [2.24, 2.45) is 0 Å². The summed E-state index contributed by atoms with van der Waals surface area (Å²) < 4.78 is 0. The molecular weight excluding hydrogens is 292 g/mol. The first-order chi connectivity index (χ1) is 11.0. The number of fused-ring (bicyclic) bond motifs is 1. The smallest absolute Gasteiger partial charge is 0.326 e. The lowest BCUT2D eigenvalue weighted by molar-refractivity contribution is 0.257. The van der Waals surface area contributed by atoms with Gasteiger partial charge in [-0.2, -0.15) is 0 Å². The first-order valence-electron chi connectivity index (χ1n) is 7.74. The zero-order valence-corrected chi connectivity index (χ0v) is 13.0. The number of hydrogen-bond acceptors (Lipinski definition) is 3. The van der Waals surface area contributed by atoms with Crippen LogP contribution in [-0.2, 0) is 6.42 Å². The number of phenolic OH excluding ortho intramolecular Hbond substituents is 2.